The molecule has 6 heteroatoms. The van der Waals surface area contributed by atoms with Crippen LogP contribution < -0.4 is 9.46 Å². The Morgan fingerprint density at radius 2 is 2.05 bits per heavy atom. The van der Waals surface area contributed by atoms with E-state index in [1.807, 2.05) is 26.0 Å². The minimum Gasteiger partial charge on any atom is -0.489 e. The van der Waals surface area contributed by atoms with Gasteiger partial charge in [0.05, 0.1) is 16.9 Å². The normalized spacial score (nSPS) is 11.8. The highest BCUT2D eigenvalue weighted by atomic mass is 35.5. The van der Waals surface area contributed by atoms with E-state index in [1.165, 1.54) is 0 Å². The van der Waals surface area contributed by atoms with Crippen LogP contribution in [0.15, 0.2) is 18.2 Å². The lowest BCUT2D eigenvalue weighted by Gasteiger charge is -2.12. The number of rotatable bonds is 7. The fraction of sp³-hybridized carbons (Fsp3) is 0.538. The molecule has 0 atom stereocenters. The van der Waals surface area contributed by atoms with Crippen molar-refractivity contribution in [3.8, 4) is 5.75 Å². The van der Waals surface area contributed by atoms with Crippen molar-refractivity contribution in [2.24, 2.45) is 0 Å². The van der Waals surface area contributed by atoms with Gasteiger partial charge in [-0.1, -0.05) is 17.7 Å². The van der Waals surface area contributed by atoms with Crippen LogP contribution in [-0.2, 0) is 16.4 Å². The summed E-state index contributed by atoms with van der Waals surface area (Å²) in [5, 5.41) is 0.546. The maximum Gasteiger partial charge on any atom is 0.211 e. The molecule has 0 amide bonds. The summed E-state index contributed by atoms with van der Waals surface area (Å²) in [7, 11) is -3.13. The van der Waals surface area contributed by atoms with Gasteiger partial charge >= 0.3 is 0 Å². The SMILES string of the molecule is CCS(=O)(=O)NCCc1ccc(OC(C)C)c(Cl)c1. The van der Waals surface area contributed by atoms with Crippen LogP contribution in [0, 0.1) is 0 Å². The molecule has 0 radical (unpaired) electrons. The second-order valence-electron chi connectivity index (χ2n) is 4.48. The zero-order valence-electron chi connectivity index (χ0n) is 11.4. The quantitative estimate of drug-likeness (QED) is 0.842. The molecule has 0 unspecified atom stereocenters. The first-order valence-electron chi connectivity index (χ1n) is 6.26. The van der Waals surface area contributed by atoms with E-state index in [0.29, 0.717) is 23.7 Å². The van der Waals surface area contributed by atoms with Crippen molar-refractivity contribution in [2.45, 2.75) is 33.3 Å². The largest absolute Gasteiger partial charge is 0.489 e. The Bertz CT molecular complexity index is 515. The van der Waals surface area contributed by atoms with Crippen LogP contribution in [-0.4, -0.2) is 26.8 Å². The molecule has 0 aliphatic rings. The van der Waals surface area contributed by atoms with Gasteiger partial charge < -0.3 is 4.74 Å². The van der Waals surface area contributed by atoms with Crippen LogP contribution in [0.1, 0.15) is 26.3 Å². The maximum absolute atomic E-state index is 11.3. The predicted octanol–water partition coefficient (Wildman–Crippen LogP) is 2.61. The average molecular weight is 306 g/mol. The molecule has 1 aromatic carbocycles. The van der Waals surface area contributed by atoms with E-state index in [9.17, 15) is 8.42 Å². The number of halogens is 1. The molecule has 0 bridgehead atoms. The molecule has 4 nitrogen and oxygen atoms in total. The van der Waals surface area contributed by atoms with Crippen LogP contribution in [0.5, 0.6) is 5.75 Å². The molecule has 0 spiro atoms. The van der Waals surface area contributed by atoms with Gasteiger partial charge in [-0.2, -0.15) is 0 Å². The molecule has 108 valence electrons. The first-order chi connectivity index (χ1) is 8.84. The summed E-state index contributed by atoms with van der Waals surface area (Å²) in [6, 6.07) is 5.51. The smallest absolute Gasteiger partial charge is 0.211 e. The lowest BCUT2D eigenvalue weighted by atomic mass is 10.1. The molecule has 0 saturated heterocycles. The van der Waals surface area contributed by atoms with Gasteiger partial charge in [0.25, 0.3) is 0 Å². The molecule has 0 aliphatic carbocycles. The Balaban J connectivity index is 2.59. The molecule has 19 heavy (non-hydrogen) atoms. The van der Waals surface area contributed by atoms with Crippen LogP contribution in [0.25, 0.3) is 0 Å². The highest BCUT2D eigenvalue weighted by Gasteiger charge is 2.07. The molecule has 0 aromatic heterocycles. The second kappa shape index (κ2) is 7.12. The van der Waals surface area contributed by atoms with Crippen molar-refractivity contribution in [3.05, 3.63) is 28.8 Å². The van der Waals surface area contributed by atoms with E-state index >= 15 is 0 Å². The van der Waals surface area contributed by atoms with Crippen molar-refractivity contribution in [1.29, 1.82) is 0 Å². The number of sulfonamides is 1. The monoisotopic (exact) mass is 305 g/mol. The molecule has 0 heterocycles. The summed E-state index contributed by atoms with van der Waals surface area (Å²) >= 11 is 6.11. The minimum absolute atomic E-state index is 0.0692. The summed E-state index contributed by atoms with van der Waals surface area (Å²) < 4.78 is 30.6. The summed E-state index contributed by atoms with van der Waals surface area (Å²) in [6.07, 6.45) is 0.667. The first kappa shape index (κ1) is 16.3. The van der Waals surface area contributed by atoms with E-state index in [1.54, 1.807) is 13.0 Å². The van der Waals surface area contributed by atoms with E-state index in [2.05, 4.69) is 4.72 Å². The van der Waals surface area contributed by atoms with Gasteiger partial charge in [-0.05, 0) is 44.9 Å². The Morgan fingerprint density at radius 1 is 1.37 bits per heavy atom. The molecule has 1 rings (SSSR count). The number of benzene rings is 1. The molecular formula is C13H20ClNO3S. The van der Waals surface area contributed by atoms with Gasteiger partial charge in [0, 0.05) is 6.54 Å². The van der Waals surface area contributed by atoms with Gasteiger partial charge in [-0.15, -0.1) is 0 Å². The average Bonchev–Trinajstić information content (AvgIpc) is 2.32. The number of hydrogen-bond donors (Lipinski definition) is 1. The highest BCUT2D eigenvalue weighted by molar-refractivity contribution is 7.89. The zero-order valence-corrected chi connectivity index (χ0v) is 13.0. The summed E-state index contributed by atoms with van der Waals surface area (Å²) in [4.78, 5) is 0. The third-order valence-electron chi connectivity index (χ3n) is 2.47. The fourth-order valence-corrected chi connectivity index (χ4v) is 2.37. The van der Waals surface area contributed by atoms with Crippen molar-refractivity contribution in [3.63, 3.8) is 0 Å². The van der Waals surface area contributed by atoms with E-state index in [0.717, 1.165) is 5.56 Å². The second-order valence-corrected chi connectivity index (χ2v) is 6.98. The predicted molar refractivity (Wildman–Crippen MR) is 78.4 cm³/mol. The van der Waals surface area contributed by atoms with E-state index < -0.39 is 10.0 Å². The standard InChI is InChI=1S/C13H20ClNO3S/c1-4-19(16,17)15-8-7-11-5-6-13(12(14)9-11)18-10(2)3/h5-6,9-10,15H,4,7-8H2,1-3H3. The topological polar surface area (TPSA) is 55.4 Å². The summed E-state index contributed by atoms with van der Waals surface area (Å²) in [6.45, 7) is 5.85. The Kier molecular flexibility index (Phi) is 6.10. The summed E-state index contributed by atoms with van der Waals surface area (Å²) in [5.74, 6) is 0.740. The van der Waals surface area contributed by atoms with Crippen LogP contribution in [0.4, 0.5) is 0 Å². The molecule has 0 saturated carbocycles. The molecule has 1 aromatic rings. The third-order valence-corrected chi connectivity index (χ3v) is 4.17. The van der Waals surface area contributed by atoms with Gasteiger partial charge in [0.15, 0.2) is 0 Å². The van der Waals surface area contributed by atoms with Crippen molar-refractivity contribution >= 4 is 21.6 Å². The Morgan fingerprint density at radius 3 is 2.58 bits per heavy atom. The molecule has 0 fully saturated rings. The van der Waals surface area contributed by atoms with Gasteiger partial charge in [0.1, 0.15) is 5.75 Å². The van der Waals surface area contributed by atoms with Gasteiger partial charge in [-0.25, -0.2) is 13.1 Å². The van der Waals surface area contributed by atoms with Crippen molar-refractivity contribution < 1.29 is 13.2 Å². The molecular weight excluding hydrogens is 286 g/mol. The van der Waals surface area contributed by atoms with Gasteiger partial charge in [0.2, 0.25) is 10.0 Å². The highest BCUT2D eigenvalue weighted by Crippen LogP contribution is 2.26. The number of nitrogens with one attached hydrogen (secondary N) is 1. The Labute approximate surface area is 120 Å². The van der Waals surface area contributed by atoms with Gasteiger partial charge in [-0.3, -0.25) is 0 Å². The van der Waals surface area contributed by atoms with Crippen LogP contribution in [0.3, 0.4) is 0 Å². The first-order valence-corrected chi connectivity index (χ1v) is 8.29. The molecule has 0 aliphatic heterocycles. The third kappa shape index (κ3) is 5.80. The summed E-state index contributed by atoms with van der Waals surface area (Å²) in [5.41, 5.74) is 0.972. The van der Waals surface area contributed by atoms with Crippen molar-refractivity contribution in [2.75, 3.05) is 12.3 Å². The number of hydrogen-bond acceptors (Lipinski definition) is 3. The van der Waals surface area contributed by atoms with Crippen LogP contribution >= 0.6 is 11.6 Å². The van der Waals surface area contributed by atoms with E-state index in [4.69, 9.17) is 16.3 Å². The fourth-order valence-electron chi connectivity index (χ4n) is 1.50. The van der Waals surface area contributed by atoms with Crippen LogP contribution in [0.2, 0.25) is 5.02 Å². The molecule has 1 N–H and O–H groups in total. The van der Waals surface area contributed by atoms with E-state index in [-0.39, 0.29) is 11.9 Å². The van der Waals surface area contributed by atoms with Crippen molar-refractivity contribution in [1.82, 2.24) is 4.72 Å². The minimum atomic E-state index is -3.13. The number of ether oxygens (including phenoxy) is 1. The lowest BCUT2D eigenvalue weighted by Crippen LogP contribution is -2.27. The maximum atomic E-state index is 11.3. The zero-order chi connectivity index (χ0) is 14.5. The Hall–Kier alpha value is -0.780. The lowest BCUT2D eigenvalue weighted by molar-refractivity contribution is 0.242.